The summed E-state index contributed by atoms with van der Waals surface area (Å²) in [7, 11) is 1.68. The van der Waals surface area contributed by atoms with Gasteiger partial charge in [0, 0.05) is 11.9 Å². The molecule has 0 saturated heterocycles. The molecule has 0 spiro atoms. The Labute approximate surface area is 178 Å². The third-order valence-electron chi connectivity index (χ3n) is 5.92. The third-order valence-corrected chi connectivity index (χ3v) is 5.92. The van der Waals surface area contributed by atoms with Crippen molar-refractivity contribution in [1.82, 2.24) is 9.97 Å². The fraction of sp³-hybridized carbons (Fsp3) is 0.360. The Balaban J connectivity index is 1.55. The van der Waals surface area contributed by atoms with Crippen LogP contribution in [0.5, 0.6) is 5.75 Å². The van der Waals surface area contributed by atoms with E-state index in [1.807, 2.05) is 54.6 Å². The number of nitrogens with two attached hydrogens (primary N) is 1. The van der Waals surface area contributed by atoms with Crippen molar-refractivity contribution in [2.75, 3.05) is 25.5 Å². The van der Waals surface area contributed by atoms with Crippen molar-refractivity contribution in [2.45, 2.75) is 25.7 Å². The molecule has 5 heteroatoms. The maximum atomic E-state index is 5.91. The first kappa shape index (κ1) is 20.4. The number of para-hydroxylation sites is 1. The zero-order valence-corrected chi connectivity index (χ0v) is 17.6. The van der Waals surface area contributed by atoms with Gasteiger partial charge in [-0.2, -0.15) is 0 Å². The molecule has 1 saturated carbocycles. The van der Waals surface area contributed by atoms with Gasteiger partial charge in [-0.15, -0.1) is 0 Å². The predicted octanol–water partition coefficient (Wildman–Crippen LogP) is 4.99. The molecule has 2 atom stereocenters. The Kier molecular flexibility index (Phi) is 6.60. The van der Waals surface area contributed by atoms with Crippen LogP contribution in [0.2, 0.25) is 0 Å². The van der Waals surface area contributed by atoms with Crippen LogP contribution >= 0.6 is 0 Å². The van der Waals surface area contributed by atoms with Gasteiger partial charge in [0.05, 0.1) is 12.6 Å². The molecule has 3 aromatic rings. The van der Waals surface area contributed by atoms with E-state index in [2.05, 4.69) is 11.4 Å². The van der Waals surface area contributed by atoms with Gasteiger partial charge < -0.3 is 15.8 Å². The Morgan fingerprint density at radius 3 is 2.80 bits per heavy atom. The van der Waals surface area contributed by atoms with Gasteiger partial charge in [-0.3, -0.25) is 0 Å². The van der Waals surface area contributed by atoms with Gasteiger partial charge in [-0.1, -0.05) is 36.8 Å². The van der Waals surface area contributed by atoms with E-state index in [1.165, 1.54) is 25.7 Å². The van der Waals surface area contributed by atoms with Crippen LogP contribution in [0, 0.1) is 11.8 Å². The lowest BCUT2D eigenvalue weighted by Crippen LogP contribution is -2.26. The second-order valence-electron chi connectivity index (χ2n) is 8.07. The summed E-state index contributed by atoms with van der Waals surface area (Å²) >= 11 is 0. The maximum Gasteiger partial charge on any atom is 0.154 e. The number of anilines is 1. The number of rotatable bonds is 7. The summed E-state index contributed by atoms with van der Waals surface area (Å²) in [5.41, 5.74) is 7.91. The van der Waals surface area contributed by atoms with Crippen molar-refractivity contribution in [3.05, 3.63) is 59.9 Å². The quantitative estimate of drug-likeness (QED) is 0.583. The van der Waals surface area contributed by atoms with Crippen molar-refractivity contribution >= 4 is 28.9 Å². The minimum Gasteiger partial charge on any atom is -0.497 e. The smallest absolute Gasteiger partial charge is 0.154 e. The van der Waals surface area contributed by atoms with Crippen LogP contribution < -0.4 is 15.8 Å². The van der Waals surface area contributed by atoms with Gasteiger partial charge in [-0.25, -0.2) is 9.97 Å². The monoisotopic (exact) mass is 402 g/mol. The van der Waals surface area contributed by atoms with Crippen molar-refractivity contribution < 1.29 is 4.74 Å². The van der Waals surface area contributed by atoms with Gasteiger partial charge >= 0.3 is 0 Å². The Morgan fingerprint density at radius 1 is 1.07 bits per heavy atom. The van der Waals surface area contributed by atoms with Gasteiger partial charge in [0.25, 0.3) is 0 Å². The lowest BCUT2D eigenvalue weighted by atomic mass is 9.81. The van der Waals surface area contributed by atoms with E-state index in [0.29, 0.717) is 17.7 Å². The van der Waals surface area contributed by atoms with E-state index in [0.717, 1.165) is 41.1 Å². The number of nitrogens with zero attached hydrogens (tertiary/aromatic N) is 2. The number of nitrogens with one attached hydrogen (secondary N) is 1. The molecule has 30 heavy (non-hydrogen) atoms. The molecule has 5 nitrogen and oxygen atoms in total. The molecule has 4 rings (SSSR count). The largest absolute Gasteiger partial charge is 0.497 e. The molecule has 1 aliphatic rings. The fourth-order valence-electron chi connectivity index (χ4n) is 4.26. The summed E-state index contributed by atoms with van der Waals surface area (Å²) < 4.78 is 5.31. The number of fused-ring (bicyclic) bond motifs is 1. The Bertz CT molecular complexity index is 1020. The molecule has 0 bridgehead atoms. The van der Waals surface area contributed by atoms with Crippen LogP contribution in [-0.4, -0.2) is 30.2 Å². The number of hydrogen-bond donors (Lipinski definition) is 2. The summed E-state index contributed by atoms with van der Waals surface area (Å²) in [6.07, 6.45) is 8.97. The number of aromatic nitrogens is 2. The van der Waals surface area contributed by atoms with Crippen molar-refractivity contribution in [2.24, 2.45) is 17.6 Å². The topological polar surface area (TPSA) is 73.1 Å². The SMILES string of the molecule is COc1cccc(C=Cc2nc(NCC3CCCC(CN)C3)c3ccccc3n2)c1. The highest BCUT2D eigenvalue weighted by Crippen LogP contribution is 2.29. The van der Waals surface area contributed by atoms with Crippen LogP contribution in [0.4, 0.5) is 5.82 Å². The third kappa shape index (κ3) is 4.97. The van der Waals surface area contributed by atoms with E-state index in [4.69, 9.17) is 20.4 Å². The fourth-order valence-corrected chi connectivity index (χ4v) is 4.26. The number of benzene rings is 2. The van der Waals surface area contributed by atoms with E-state index in [1.54, 1.807) is 7.11 Å². The van der Waals surface area contributed by atoms with Gasteiger partial charge in [0.1, 0.15) is 11.6 Å². The molecule has 1 fully saturated rings. The summed E-state index contributed by atoms with van der Waals surface area (Å²) in [5.74, 6) is 3.75. The normalized spacial score (nSPS) is 19.3. The number of hydrogen-bond acceptors (Lipinski definition) is 5. The zero-order chi connectivity index (χ0) is 20.8. The zero-order valence-electron chi connectivity index (χ0n) is 17.6. The highest BCUT2D eigenvalue weighted by molar-refractivity contribution is 5.90. The van der Waals surface area contributed by atoms with E-state index in [-0.39, 0.29) is 0 Å². The maximum absolute atomic E-state index is 5.91. The van der Waals surface area contributed by atoms with E-state index >= 15 is 0 Å². The second-order valence-corrected chi connectivity index (χ2v) is 8.07. The number of methoxy groups -OCH3 is 1. The average Bonchev–Trinajstić information content (AvgIpc) is 2.81. The Morgan fingerprint density at radius 2 is 1.93 bits per heavy atom. The van der Waals surface area contributed by atoms with Crippen molar-refractivity contribution in [3.63, 3.8) is 0 Å². The van der Waals surface area contributed by atoms with Crippen LogP contribution in [0.15, 0.2) is 48.5 Å². The van der Waals surface area contributed by atoms with Crippen molar-refractivity contribution in [1.29, 1.82) is 0 Å². The number of ether oxygens (including phenoxy) is 1. The summed E-state index contributed by atoms with van der Waals surface area (Å²) in [6, 6.07) is 16.1. The van der Waals surface area contributed by atoms with Crippen LogP contribution in [0.1, 0.15) is 37.1 Å². The highest BCUT2D eigenvalue weighted by Gasteiger charge is 2.21. The molecular weight excluding hydrogens is 372 g/mol. The first-order valence-electron chi connectivity index (χ1n) is 10.8. The first-order chi connectivity index (χ1) is 14.7. The average molecular weight is 403 g/mol. The molecular formula is C25H30N4O. The standard InChI is InChI=1S/C25H30N4O/c1-30-21-9-5-6-18(15-21)12-13-24-28-23-11-3-2-10-22(23)25(29-24)27-17-20-8-4-7-19(14-20)16-26/h2-3,5-6,9-13,15,19-20H,4,7-8,14,16-17,26H2,1H3,(H,27,28,29). The lowest BCUT2D eigenvalue weighted by molar-refractivity contribution is 0.281. The minimum atomic E-state index is 0.650. The molecule has 156 valence electrons. The molecule has 3 N–H and O–H groups in total. The molecule has 1 aromatic heterocycles. The molecule has 0 radical (unpaired) electrons. The molecule has 2 aromatic carbocycles. The van der Waals surface area contributed by atoms with Crippen LogP contribution in [0.25, 0.3) is 23.1 Å². The summed E-state index contributed by atoms with van der Waals surface area (Å²) in [6.45, 7) is 1.72. The van der Waals surface area contributed by atoms with E-state index < -0.39 is 0 Å². The second kappa shape index (κ2) is 9.72. The predicted molar refractivity (Wildman–Crippen MR) is 124 cm³/mol. The summed E-state index contributed by atoms with van der Waals surface area (Å²) in [4.78, 5) is 9.55. The van der Waals surface area contributed by atoms with Gasteiger partial charge in [0.2, 0.25) is 0 Å². The first-order valence-corrected chi connectivity index (χ1v) is 10.8. The van der Waals surface area contributed by atoms with Crippen LogP contribution in [-0.2, 0) is 0 Å². The van der Waals surface area contributed by atoms with Crippen molar-refractivity contribution in [3.8, 4) is 5.75 Å². The summed E-state index contributed by atoms with van der Waals surface area (Å²) in [5, 5.41) is 4.67. The minimum absolute atomic E-state index is 0.650. The molecule has 0 amide bonds. The molecule has 1 aliphatic carbocycles. The Hall–Kier alpha value is -2.92. The van der Waals surface area contributed by atoms with Gasteiger partial charge in [-0.05, 0) is 73.5 Å². The van der Waals surface area contributed by atoms with Gasteiger partial charge in [0.15, 0.2) is 5.82 Å². The van der Waals surface area contributed by atoms with E-state index in [9.17, 15) is 0 Å². The highest BCUT2D eigenvalue weighted by atomic mass is 16.5. The van der Waals surface area contributed by atoms with Crippen LogP contribution in [0.3, 0.4) is 0 Å². The lowest BCUT2D eigenvalue weighted by Gasteiger charge is -2.28. The molecule has 0 aliphatic heterocycles. The molecule has 1 heterocycles. The molecule has 2 unspecified atom stereocenters.